The number of nitrogens with zero attached hydrogens (tertiary/aromatic N) is 3. The van der Waals surface area contributed by atoms with E-state index in [9.17, 15) is 19.2 Å². The van der Waals surface area contributed by atoms with Crippen LogP contribution >= 0.6 is 0 Å². The maximum absolute atomic E-state index is 13.5. The van der Waals surface area contributed by atoms with Crippen LogP contribution in [0.1, 0.15) is 57.7 Å². The Morgan fingerprint density at radius 1 is 1.14 bits per heavy atom. The summed E-state index contributed by atoms with van der Waals surface area (Å²) in [7, 11) is 1.64. The molecule has 1 aromatic rings. The molecule has 194 valence electrons. The van der Waals surface area contributed by atoms with E-state index in [4.69, 9.17) is 4.74 Å². The van der Waals surface area contributed by atoms with Gasteiger partial charge in [-0.15, -0.1) is 0 Å². The predicted molar refractivity (Wildman–Crippen MR) is 134 cm³/mol. The largest absolute Gasteiger partial charge is 0.466 e. The van der Waals surface area contributed by atoms with Gasteiger partial charge in [0.1, 0.15) is 6.54 Å². The van der Waals surface area contributed by atoms with E-state index < -0.39 is 6.04 Å². The summed E-state index contributed by atoms with van der Waals surface area (Å²) < 4.78 is 5.13. The van der Waals surface area contributed by atoms with Crippen LogP contribution in [0.4, 0.5) is 4.79 Å². The summed E-state index contributed by atoms with van der Waals surface area (Å²) in [6, 6.07) is 7.09. The van der Waals surface area contributed by atoms with Crippen LogP contribution in [-0.4, -0.2) is 78.3 Å². The Balaban J connectivity index is 1.50. The number of likely N-dealkylation sites (N-methyl/N-ethyl adjacent to an activating group) is 1. The summed E-state index contributed by atoms with van der Waals surface area (Å²) in [4.78, 5) is 56.1. The molecule has 0 aromatic heterocycles. The van der Waals surface area contributed by atoms with Crippen molar-refractivity contribution in [2.45, 2.75) is 52.0 Å². The van der Waals surface area contributed by atoms with E-state index in [1.807, 2.05) is 24.3 Å². The van der Waals surface area contributed by atoms with Crippen molar-refractivity contribution in [2.24, 2.45) is 5.92 Å². The highest BCUT2D eigenvalue weighted by Gasteiger charge is 2.44. The highest BCUT2D eigenvalue weighted by Crippen LogP contribution is 2.36. The second-order valence-electron chi connectivity index (χ2n) is 10.8. The molecular weight excluding hydrogens is 460 g/mol. The zero-order valence-electron chi connectivity index (χ0n) is 21.8. The minimum atomic E-state index is -0.575. The fourth-order valence-corrected chi connectivity index (χ4v) is 5.10. The number of ether oxygens (including phenoxy) is 1. The number of hydrogen-bond acceptors (Lipinski definition) is 5. The lowest BCUT2D eigenvalue weighted by Crippen LogP contribution is -2.47. The van der Waals surface area contributed by atoms with E-state index in [-0.39, 0.29) is 48.2 Å². The average Bonchev–Trinajstić information content (AvgIpc) is 3.17. The second kappa shape index (κ2) is 9.95. The Kier molecular flexibility index (Phi) is 7.11. The molecule has 4 rings (SSSR count). The number of esters is 1. The van der Waals surface area contributed by atoms with E-state index in [1.165, 1.54) is 9.80 Å². The number of urea groups is 1. The van der Waals surface area contributed by atoms with E-state index in [2.05, 4.69) is 26.1 Å². The number of nitrogens with one attached hydrogen (secondary N) is 1. The standard InChI is InChI=1S/C27H36N4O5/c1-6-36-25(34)18-8-7-13-30(14-18)21(32)16-31-15-20-22(24(31)33)23(28-26(35)29(20)5)17-9-11-19(12-10-17)27(2,3)4/h9-12,18,23H,6-8,13-16H2,1-5H3,(H,28,35). The molecule has 36 heavy (non-hydrogen) atoms. The number of piperidine rings is 1. The van der Waals surface area contributed by atoms with Crippen LogP contribution in [0.3, 0.4) is 0 Å². The van der Waals surface area contributed by atoms with Crippen molar-refractivity contribution in [3.05, 3.63) is 46.7 Å². The molecule has 9 nitrogen and oxygen atoms in total. The summed E-state index contributed by atoms with van der Waals surface area (Å²) in [5, 5.41) is 2.94. The maximum atomic E-state index is 13.5. The highest BCUT2D eigenvalue weighted by molar-refractivity contribution is 6.03. The van der Waals surface area contributed by atoms with Crippen LogP contribution < -0.4 is 5.32 Å². The monoisotopic (exact) mass is 496 g/mol. The molecule has 1 fully saturated rings. The molecule has 4 amide bonds. The fraction of sp³-hybridized carbons (Fsp3) is 0.556. The minimum Gasteiger partial charge on any atom is -0.466 e. The lowest BCUT2D eigenvalue weighted by Gasteiger charge is -2.32. The smallest absolute Gasteiger partial charge is 0.322 e. The van der Waals surface area contributed by atoms with Gasteiger partial charge in [0.05, 0.1) is 36.4 Å². The third kappa shape index (κ3) is 4.96. The molecule has 0 saturated carbocycles. The minimum absolute atomic E-state index is 0.0138. The van der Waals surface area contributed by atoms with Gasteiger partial charge in [0.15, 0.2) is 0 Å². The van der Waals surface area contributed by atoms with Crippen molar-refractivity contribution in [3.63, 3.8) is 0 Å². The van der Waals surface area contributed by atoms with Crippen LogP contribution in [-0.2, 0) is 24.5 Å². The van der Waals surface area contributed by atoms with Crippen molar-refractivity contribution >= 4 is 23.8 Å². The normalized spacial score (nSPS) is 22.5. The van der Waals surface area contributed by atoms with Crippen LogP contribution in [0.2, 0.25) is 0 Å². The Hall–Kier alpha value is -3.36. The van der Waals surface area contributed by atoms with Gasteiger partial charge in [-0.05, 0) is 36.3 Å². The molecule has 0 spiro atoms. The van der Waals surface area contributed by atoms with Crippen molar-refractivity contribution in [1.82, 2.24) is 20.0 Å². The number of rotatable bonds is 5. The molecule has 3 heterocycles. The third-order valence-corrected chi connectivity index (χ3v) is 7.27. The molecule has 3 aliphatic heterocycles. The van der Waals surface area contributed by atoms with Crippen LogP contribution in [0.15, 0.2) is 35.5 Å². The molecule has 1 saturated heterocycles. The topological polar surface area (TPSA) is 99.3 Å². The van der Waals surface area contributed by atoms with Gasteiger partial charge in [-0.2, -0.15) is 0 Å². The number of likely N-dealkylation sites (tertiary alicyclic amines) is 1. The van der Waals surface area contributed by atoms with Gasteiger partial charge in [-0.1, -0.05) is 45.0 Å². The molecule has 0 radical (unpaired) electrons. The first kappa shape index (κ1) is 25.7. The lowest BCUT2D eigenvalue weighted by molar-refractivity contribution is -0.152. The fourth-order valence-electron chi connectivity index (χ4n) is 5.10. The van der Waals surface area contributed by atoms with Crippen molar-refractivity contribution < 1.29 is 23.9 Å². The number of amides is 4. The Labute approximate surface area is 212 Å². The molecule has 3 aliphatic rings. The zero-order chi connectivity index (χ0) is 26.2. The molecule has 1 aromatic carbocycles. The van der Waals surface area contributed by atoms with Gasteiger partial charge in [0.2, 0.25) is 5.91 Å². The third-order valence-electron chi connectivity index (χ3n) is 7.27. The summed E-state index contributed by atoms with van der Waals surface area (Å²) >= 11 is 0. The molecule has 9 heteroatoms. The first-order chi connectivity index (χ1) is 17.0. The number of benzene rings is 1. The maximum Gasteiger partial charge on any atom is 0.322 e. The van der Waals surface area contributed by atoms with Gasteiger partial charge in [0, 0.05) is 20.1 Å². The Bertz CT molecular complexity index is 1090. The molecule has 0 bridgehead atoms. The molecule has 0 aliphatic carbocycles. The first-order valence-corrected chi connectivity index (χ1v) is 12.6. The molecule has 2 unspecified atom stereocenters. The summed E-state index contributed by atoms with van der Waals surface area (Å²) in [5.41, 5.74) is 3.08. The van der Waals surface area contributed by atoms with Crippen molar-refractivity contribution in [2.75, 3.05) is 39.8 Å². The highest BCUT2D eigenvalue weighted by atomic mass is 16.5. The first-order valence-electron chi connectivity index (χ1n) is 12.6. The van der Waals surface area contributed by atoms with E-state index in [0.29, 0.717) is 43.8 Å². The van der Waals surface area contributed by atoms with Crippen molar-refractivity contribution in [3.8, 4) is 0 Å². The lowest BCUT2D eigenvalue weighted by atomic mass is 9.85. The summed E-state index contributed by atoms with van der Waals surface area (Å²) in [6.45, 7) is 9.41. The SMILES string of the molecule is CCOC(=O)C1CCCN(C(=O)CN2CC3=C(C2=O)C(c2ccc(C(C)(C)C)cc2)NC(=O)N3C)C1. The van der Waals surface area contributed by atoms with E-state index in [0.717, 1.165) is 11.1 Å². The zero-order valence-corrected chi connectivity index (χ0v) is 21.8. The quantitative estimate of drug-likeness (QED) is 0.632. The van der Waals surface area contributed by atoms with Crippen LogP contribution in [0, 0.1) is 5.92 Å². The second-order valence-corrected chi connectivity index (χ2v) is 10.8. The van der Waals surface area contributed by atoms with E-state index >= 15 is 0 Å². The summed E-state index contributed by atoms with van der Waals surface area (Å²) in [6.07, 6.45) is 1.40. The van der Waals surface area contributed by atoms with E-state index in [1.54, 1.807) is 18.9 Å². The number of carbonyl (C=O) groups is 4. The molecular formula is C27H36N4O5. The molecule has 2 atom stereocenters. The van der Waals surface area contributed by atoms with Gasteiger partial charge >= 0.3 is 12.0 Å². The van der Waals surface area contributed by atoms with Gasteiger partial charge < -0.3 is 19.9 Å². The van der Waals surface area contributed by atoms with Crippen molar-refractivity contribution in [1.29, 1.82) is 0 Å². The Morgan fingerprint density at radius 3 is 2.47 bits per heavy atom. The van der Waals surface area contributed by atoms with Crippen LogP contribution in [0.25, 0.3) is 0 Å². The molecule has 1 N–H and O–H groups in total. The number of carbonyl (C=O) groups excluding carboxylic acids is 4. The van der Waals surface area contributed by atoms with Gasteiger partial charge in [-0.3, -0.25) is 19.3 Å². The Morgan fingerprint density at radius 2 is 1.83 bits per heavy atom. The van der Waals surface area contributed by atoms with Gasteiger partial charge in [-0.25, -0.2) is 4.79 Å². The van der Waals surface area contributed by atoms with Crippen LogP contribution in [0.5, 0.6) is 0 Å². The number of hydrogen-bond donors (Lipinski definition) is 1. The predicted octanol–water partition coefficient (Wildman–Crippen LogP) is 2.58. The van der Waals surface area contributed by atoms with Gasteiger partial charge in [0.25, 0.3) is 5.91 Å². The average molecular weight is 497 g/mol. The summed E-state index contributed by atoms with van der Waals surface area (Å²) in [5.74, 6) is -1.08.